The molecule has 4 nitrogen and oxygen atoms in total. The Morgan fingerprint density at radius 3 is 2.22 bits per heavy atom. The van der Waals surface area contributed by atoms with Gasteiger partial charge in [0.2, 0.25) is 0 Å². The van der Waals surface area contributed by atoms with Gasteiger partial charge in [0.25, 0.3) is 0 Å². The Hall–Kier alpha value is -2.85. The van der Waals surface area contributed by atoms with Gasteiger partial charge >= 0.3 is 12.4 Å². The van der Waals surface area contributed by atoms with Crippen LogP contribution in [0.1, 0.15) is 59.1 Å². The van der Waals surface area contributed by atoms with Crippen LogP contribution in [0.2, 0.25) is 0 Å². The average molecular weight is 512 g/mol. The number of H-pyrrole nitrogens is 1. The van der Waals surface area contributed by atoms with Crippen LogP contribution in [0.4, 0.5) is 26.3 Å². The van der Waals surface area contributed by atoms with E-state index in [-0.39, 0.29) is 23.5 Å². The molecule has 0 spiro atoms. The summed E-state index contributed by atoms with van der Waals surface area (Å²) in [4.78, 5) is 7.60. The van der Waals surface area contributed by atoms with Gasteiger partial charge in [-0.25, -0.2) is 4.98 Å². The molecule has 0 bridgehead atoms. The summed E-state index contributed by atoms with van der Waals surface area (Å²) in [5.41, 5.74) is -1.16. The monoisotopic (exact) mass is 512 g/mol. The Bertz CT molecular complexity index is 1130. The van der Waals surface area contributed by atoms with Gasteiger partial charge in [-0.2, -0.15) is 26.3 Å². The quantitative estimate of drug-likeness (QED) is 0.355. The largest absolute Gasteiger partial charge is 0.416 e. The van der Waals surface area contributed by atoms with E-state index in [4.69, 9.17) is 9.47 Å². The molecule has 0 saturated carbocycles. The second-order valence-electron chi connectivity index (χ2n) is 9.06. The normalized spacial score (nSPS) is 21.9. The number of halogens is 6. The summed E-state index contributed by atoms with van der Waals surface area (Å²) in [6, 6.07) is 10.9. The molecule has 3 aromatic rings. The molecule has 2 heterocycles. The summed E-state index contributed by atoms with van der Waals surface area (Å²) in [5, 5.41) is 0. The number of aromatic amines is 1. The minimum atomic E-state index is -4.93. The molecule has 2 unspecified atom stereocenters. The number of hydrogen-bond acceptors (Lipinski definition) is 3. The fourth-order valence-electron chi connectivity index (χ4n) is 4.61. The van der Waals surface area contributed by atoms with Gasteiger partial charge in [0.15, 0.2) is 6.29 Å². The number of nitrogens with zero attached hydrogens (tertiary/aromatic N) is 1. The van der Waals surface area contributed by atoms with Crippen molar-refractivity contribution in [3.63, 3.8) is 0 Å². The second kappa shape index (κ2) is 10.3. The van der Waals surface area contributed by atoms with Gasteiger partial charge < -0.3 is 14.5 Å². The average Bonchev–Trinajstić information content (AvgIpc) is 3.23. The second-order valence-corrected chi connectivity index (χ2v) is 9.06. The van der Waals surface area contributed by atoms with Crippen molar-refractivity contribution in [3.05, 3.63) is 88.5 Å². The molecule has 1 fully saturated rings. The number of aromatic nitrogens is 2. The molecule has 4 atom stereocenters. The number of alkyl halides is 6. The number of hydrogen-bond donors (Lipinski definition) is 1. The Morgan fingerprint density at radius 1 is 1.03 bits per heavy atom. The van der Waals surface area contributed by atoms with Crippen LogP contribution < -0.4 is 0 Å². The highest BCUT2D eigenvalue weighted by Crippen LogP contribution is 2.42. The molecule has 0 amide bonds. The first-order chi connectivity index (χ1) is 16.9. The van der Waals surface area contributed by atoms with Crippen LogP contribution in [-0.4, -0.2) is 22.9 Å². The van der Waals surface area contributed by atoms with E-state index in [1.807, 2.05) is 37.3 Å². The van der Waals surface area contributed by atoms with E-state index in [0.717, 1.165) is 17.1 Å². The van der Waals surface area contributed by atoms with Gasteiger partial charge in [-0.3, -0.25) is 0 Å². The smallest absolute Gasteiger partial charge is 0.352 e. The summed E-state index contributed by atoms with van der Waals surface area (Å²) in [6.45, 7) is 3.66. The van der Waals surface area contributed by atoms with Crippen molar-refractivity contribution in [1.29, 1.82) is 0 Å². The summed E-state index contributed by atoms with van der Waals surface area (Å²) in [5.74, 6) is 0.511. The Morgan fingerprint density at radius 2 is 1.67 bits per heavy atom. The SMILES string of the molecule is Cc1cnc(C[C@@H]2CCOC(OC(C)c3cc(C(F)(F)F)cc(C(F)(F)F)c3)[C@H]2c2ccccc2)[nH]1. The minimum Gasteiger partial charge on any atom is -0.352 e. The topological polar surface area (TPSA) is 47.1 Å². The molecule has 10 heteroatoms. The van der Waals surface area contributed by atoms with Crippen LogP contribution in [-0.2, 0) is 28.2 Å². The minimum absolute atomic E-state index is 0.0242. The first kappa shape index (κ1) is 26.2. The van der Waals surface area contributed by atoms with Crippen molar-refractivity contribution in [2.24, 2.45) is 5.92 Å². The van der Waals surface area contributed by atoms with Crippen LogP contribution >= 0.6 is 0 Å². The van der Waals surface area contributed by atoms with E-state index >= 15 is 0 Å². The number of rotatable bonds is 6. The van der Waals surface area contributed by atoms with Gasteiger partial charge in [0, 0.05) is 24.2 Å². The Labute approximate surface area is 204 Å². The van der Waals surface area contributed by atoms with Crippen molar-refractivity contribution in [1.82, 2.24) is 9.97 Å². The lowest BCUT2D eigenvalue weighted by Gasteiger charge is -2.39. The molecule has 1 aliphatic heterocycles. The molecule has 36 heavy (non-hydrogen) atoms. The maximum atomic E-state index is 13.4. The molecule has 1 aliphatic rings. The highest BCUT2D eigenvalue weighted by molar-refractivity contribution is 5.35. The molecule has 0 radical (unpaired) electrons. The number of nitrogens with one attached hydrogen (secondary N) is 1. The maximum absolute atomic E-state index is 13.4. The maximum Gasteiger partial charge on any atom is 0.416 e. The molecule has 0 aliphatic carbocycles. The van der Waals surface area contributed by atoms with E-state index in [0.29, 0.717) is 31.6 Å². The fraction of sp³-hybridized carbons (Fsp3) is 0.423. The molecule has 1 aromatic heterocycles. The van der Waals surface area contributed by atoms with Gasteiger partial charge in [-0.05, 0) is 55.5 Å². The highest BCUT2D eigenvalue weighted by Gasteiger charge is 2.40. The van der Waals surface area contributed by atoms with Crippen molar-refractivity contribution in [2.45, 2.75) is 57.4 Å². The third-order valence-corrected chi connectivity index (χ3v) is 6.39. The van der Waals surface area contributed by atoms with E-state index in [1.54, 1.807) is 6.20 Å². The van der Waals surface area contributed by atoms with E-state index < -0.39 is 35.9 Å². The highest BCUT2D eigenvalue weighted by atomic mass is 19.4. The van der Waals surface area contributed by atoms with E-state index in [1.165, 1.54) is 6.92 Å². The molecule has 194 valence electrons. The predicted molar refractivity (Wildman–Crippen MR) is 120 cm³/mol. The fourth-order valence-corrected chi connectivity index (χ4v) is 4.61. The van der Waals surface area contributed by atoms with Crippen LogP contribution in [0.15, 0.2) is 54.7 Å². The van der Waals surface area contributed by atoms with Gasteiger partial charge in [-0.15, -0.1) is 0 Å². The predicted octanol–water partition coefficient (Wildman–Crippen LogP) is 7.22. The molecule has 4 rings (SSSR count). The molecular weight excluding hydrogens is 486 g/mol. The first-order valence-electron chi connectivity index (χ1n) is 11.5. The van der Waals surface area contributed by atoms with Crippen LogP contribution in [0, 0.1) is 12.8 Å². The van der Waals surface area contributed by atoms with Gasteiger partial charge in [-0.1, -0.05) is 30.3 Å². The third-order valence-electron chi connectivity index (χ3n) is 6.39. The lowest BCUT2D eigenvalue weighted by molar-refractivity contribution is -0.209. The van der Waals surface area contributed by atoms with Crippen molar-refractivity contribution >= 4 is 0 Å². The standard InChI is InChI=1S/C26H26F6N2O2/c1-15-14-33-22(34-15)12-18-8-9-35-24(23(18)17-6-4-3-5-7-17)36-16(2)19-10-20(25(27,28)29)13-21(11-19)26(30,31)32/h3-7,10-11,13-14,16,18,23-24H,8-9,12H2,1-2H3,(H,33,34)/t16?,18-,23-,24?/m0/s1. The lowest BCUT2D eigenvalue weighted by atomic mass is 9.79. The molecule has 1 saturated heterocycles. The van der Waals surface area contributed by atoms with E-state index in [2.05, 4.69) is 9.97 Å². The zero-order chi connectivity index (χ0) is 26.1. The van der Waals surface area contributed by atoms with Crippen LogP contribution in [0.5, 0.6) is 0 Å². The number of imidazole rings is 1. The van der Waals surface area contributed by atoms with Gasteiger partial charge in [0.1, 0.15) is 5.82 Å². The van der Waals surface area contributed by atoms with Gasteiger partial charge in [0.05, 0.1) is 23.8 Å². The van der Waals surface area contributed by atoms with Crippen LogP contribution in [0.3, 0.4) is 0 Å². The lowest BCUT2D eigenvalue weighted by Crippen LogP contribution is -2.38. The molecule has 1 N–H and O–H groups in total. The number of aryl methyl sites for hydroxylation is 1. The molecule has 2 aromatic carbocycles. The summed E-state index contributed by atoms with van der Waals surface area (Å²) < 4.78 is 92.1. The zero-order valence-electron chi connectivity index (χ0n) is 19.7. The Balaban J connectivity index is 1.64. The Kier molecular flexibility index (Phi) is 7.47. The summed E-state index contributed by atoms with van der Waals surface area (Å²) in [6.07, 6.45) is -8.82. The summed E-state index contributed by atoms with van der Waals surface area (Å²) >= 11 is 0. The zero-order valence-corrected chi connectivity index (χ0v) is 19.7. The summed E-state index contributed by atoms with van der Waals surface area (Å²) in [7, 11) is 0. The first-order valence-corrected chi connectivity index (χ1v) is 11.5. The van der Waals surface area contributed by atoms with Crippen molar-refractivity contribution < 1.29 is 35.8 Å². The van der Waals surface area contributed by atoms with Crippen molar-refractivity contribution in [3.8, 4) is 0 Å². The van der Waals surface area contributed by atoms with Crippen LogP contribution in [0.25, 0.3) is 0 Å². The number of ether oxygens (including phenoxy) is 2. The molecular formula is C26H26F6N2O2. The third kappa shape index (κ3) is 6.10. The van der Waals surface area contributed by atoms with E-state index in [9.17, 15) is 26.3 Å². The van der Waals surface area contributed by atoms with Crippen molar-refractivity contribution in [2.75, 3.05) is 6.61 Å². The number of benzene rings is 2.